The fourth-order valence-electron chi connectivity index (χ4n) is 5.46. The molecular weight excluding hydrogens is 250 g/mol. The van der Waals surface area contributed by atoms with Crippen molar-refractivity contribution in [3.8, 4) is 0 Å². The number of nitrogens with zero attached hydrogens (tertiary/aromatic N) is 1. The fourth-order valence-corrected chi connectivity index (χ4v) is 5.46. The van der Waals surface area contributed by atoms with Crippen LogP contribution in [0.25, 0.3) is 0 Å². The summed E-state index contributed by atoms with van der Waals surface area (Å²) in [6.07, 6.45) is 8.65. The number of nitrogens with one attached hydrogen (secondary N) is 1. The standard InChI is InChI=1S/C16H23N3O/c17-2-1-14-18-13(6-15(20)19-14)16-7-10-3-11(8-16)5-12(4-10)9-16/h6,10-12H,1-5,7-9,17H2,(H,18,19,20). The Morgan fingerprint density at radius 2 is 1.80 bits per heavy atom. The summed E-state index contributed by atoms with van der Waals surface area (Å²) in [5.74, 6) is 3.40. The molecule has 0 atom stereocenters. The second kappa shape index (κ2) is 4.42. The summed E-state index contributed by atoms with van der Waals surface area (Å²) < 4.78 is 0. The SMILES string of the molecule is NCCc1nc(C23CC4CC(CC(C4)C2)C3)cc(=O)[nH]1. The van der Waals surface area contributed by atoms with Crippen LogP contribution in [0.1, 0.15) is 50.0 Å². The fraction of sp³-hybridized carbons (Fsp3) is 0.750. The molecule has 1 aromatic rings. The average Bonchev–Trinajstić information content (AvgIpc) is 2.36. The van der Waals surface area contributed by atoms with Gasteiger partial charge >= 0.3 is 0 Å². The Morgan fingerprint density at radius 1 is 1.20 bits per heavy atom. The van der Waals surface area contributed by atoms with Crippen molar-refractivity contribution in [1.82, 2.24) is 9.97 Å². The first kappa shape index (κ1) is 12.6. The van der Waals surface area contributed by atoms with Crippen molar-refractivity contribution in [2.75, 3.05) is 6.54 Å². The van der Waals surface area contributed by atoms with Crippen LogP contribution in [0.2, 0.25) is 0 Å². The molecule has 0 unspecified atom stereocenters. The van der Waals surface area contributed by atoms with E-state index in [-0.39, 0.29) is 11.0 Å². The quantitative estimate of drug-likeness (QED) is 0.881. The highest BCUT2D eigenvalue weighted by atomic mass is 16.1. The molecule has 4 aliphatic rings. The Morgan fingerprint density at radius 3 is 2.35 bits per heavy atom. The zero-order chi connectivity index (χ0) is 13.7. The predicted molar refractivity (Wildman–Crippen MR) is 77.5 cm³/mol. The Balaban J connectivity index is 1.75. The van der Waals surface area contributed by atoms with Gasteiger partial charge in [-0.25, -0.2) is 4.98 Å². The van der Waals surface area contributed by atoms with Crippen LogP contribution >= 0.6 is 0 Å². The topological polar surface area (TPSA) is 71.8 Å². The normalized spacial score (nSPS) is 38.4. The third-order valence-corrected chi connectivity index (χ3v) is 5.75. The van der Waals surface area contributed by atoms with E-state index in [0.717, 1.165) is 29.3 Å². The van der Waals surface area contributed by atoms with Crippen molar-refractivity contribution in [2.24, 2.45) is 23.5 Å². The zero-order valence-electron chi connectivity index (χ0n) is 11.9. The maximum atomic E-state index is 11.9. The maximum absolute atomic E-state index is 11.9. The summed E-state index contributed by atoms with van der Waals surface area (Å²) in [6, 6.07) is 1.76. The van der Waals surface area contributed by atoms with Gasteiger partial charge in [0.1, 0.15) is 5.82 Å². The smallest absolute Gasteiger partial charge is 0.251 e. The van der Waals surface area contributed by atoms with Crippen LogP contribution in [-0.4, -0.2) is 16.5 Å². The van der Waals surface area contributed by atoms with Crippen LogP contribution in [-0.2, 0) is 11.8 Å². The zero-order valence-corrected chi connectivity index (χ0v) is 11.9. The second-order valence-electron chi connectivity index (χ2n) is 7.31. The number of H-pyrrole nitrogens is 1. The monoisotopic (exact) mass is 273 g/mol. The number of hydrogen-bond donors (Lipinski definition) is 2. The lowest BCUT2D eigenvalue weighted by Gasteiger charge is -2.56. The van der Waals surface area contributed by atoms with Crippen LogP contribution in [0.15, 0.2) is 10.9 Å². The van der Waals surface area contributed by atoms with Crippen LogP contribution in [0.3, 0.4) is 0 Å². The molecule has 4 saturated carbocycles. The highest BCUT2D eigenvalue weighted by Gasteiger charge is 2.52. The maximum Gasteiger partial charge on any atom is 0.251 e. The Hall–Kier alpha value is -1.16. The van der Waals surface area contributed by atoms with E-state index in [2.05, 4.69) is 4.98 Å². The van der Waals surface area contributed by atoms with E-state index in [0.29, 0.717) is 13.0 Å². The van der Waals surface area contributed by atoms with Gasteiger partial charge in [-0.15, -0.1) is 0 Å². The molecule has 0 amide bonds. The first-order valence-electron chi connectivity index (χ1n) is 7.98. The van der Waals surface area contributed by atoms with Gasteiger partial charge < -0.3 is 10.7 Å². The van der Waals surface area contributed by atoms with Gasteiger partial charge in [0.05, 0.1) is 5.69 Å². The lowest BCUT2D eigenvalue weighted by Crippen LogP contribution is -2.49. The number of aromatic nitrogens is 2. The lowest BCUT2D eigenvalue weighted by atomic mass is 9.49. The molecule has 0 aromatic carbocycles. The van der Waals surface area contributed by atoms with Crippen molar-refractivity contribution >= 4 is 0 Å². The van der Waals surface area contributed by atoms with Gasteiger partial charge in [0, 0.05) is 17.9 Å². The Kier molecular flexibility index (Phi) is 2.78. The highest BCUT2D eigenvalue weighted by molar-refractivity contribution is 5.22. The molecule has 1 aromatic heterocycles. The van der Waals surface area contributed by atoms with Crippen LogP contribution in [0.5, 0.6) is 0 Å². The van der Waals surface area contributed by atoms with Crippen molar-refractivity contribution < 1.29 is 0 Å². The molecule has 3 N–H and O–H groups in total. The molecule has 4 nitrogen and oxygen atoms in total. The van der Waals surface area contributed by atoms with Crippen molar-refractivity contribution in [3.05, 3.63) is 27.9 Å². The Labute approximate surface area is 119 Å². The van der Waals surface area contributed by atoms with Gasteiger partial charge in [-0.1, -0.05) is 0 Å². The molecule has 0 saturated heterocycles. The lowest BCUT2D eigenvalue weighted by molar-refractivity contribution is -0.00740. The molecule has 4 bridgehead atoms. The van der Waals surface area contributed by atoms with Gasteiger partial charge in [0.15, 0.2) is 0 Å². The largest absolute Gasteiger partial charge is 0.330 e. The number of hydrogen-bond acceptors (Lipinski definition) is 3. The summed E-state index contributed by atoms with van der Waals surface area (Å²) in [4.78, 5) is 19.6. The average molecular weight is 273 g/mol. The summed E-state index contributed by atoms with van der Waals surface area (Å²) >= 11 is 0. The molecule has 0 radical (unpaired) electrons. The molecule has 4 aliphatic carbocycles. The molecule has 1 heterocycles. The third kappa shape index (κ3) is 1.93. The van der Waals surface area contributed by atoms with E-state index < -0.39 is 0 Å². The van der Waals surface area contributed by atoms with Gasteiger partial charge in [0.2, 0.25) is 0 Å². The second-order valence-corrected chi connectivity index (χ2v) is 7.31. The molecule has 5 rings (SSSR count). The summed E-state index contributed by atoms with van der Waals surface area (Å²) in [5, 5.41) is 0. The highest BCUT2D eigenvalue weighted by Crippen LogP contribution is 2.60. The number of nitrogens with two attached hydrogens (primary N) is 1. The van der Waals surface area contributed by atoms with E-state index in [9.17, 15) is 4.79 Å². The van der Waals surface area contributed by atoms with E-state index in [1.165, 1.54) is 38.5 Å². The van der Waals surface area contributed by atoms with Gasteiger partial charge in [-0.05, 0) is 62.8 Å². The summed E-state index contributed by atoms with van der Waals surface area (Å²) in [7, 11) is 0. The molecular formula is C16H23N3O. The van der Waals surface area contributed by atoms with Gasteiger partial charge in [-0.2, -0.15) is 0 Å². The summed E-state index contributed by atoms with van der Waals surface area (Å²) in [5.41, 5.74) is 6.86. The number of aromatic amines is 1. The molecule has 20 heavy (non-hydrogen) atoms. The van der Waals surface area contributed by atoms with E-state index in [1.807, 2.05) is 0 Å². The minimum Gasteiger partial charge on any atom is -0.330 e. The third-order valence-electron chi connectivity index (χ3n) is 5.75. The minimum absolute atomic E-state index is 0.00537. The van der Waals surface area contributed by atoms with Crippen LogP contribution in [0.4, 0.5) is 0 Å². The number of rotatable bonds is 3. The predicted octanol–water partition coefficient (Wildman–Crippen LogP) is 1.74. The first-order valence-corrected chi connectivity index (χ1v) is 7.98. The minimum atomic E-state index is -0.00537. The van der Waals surface area contributed by atoms with Gasteiger partial charge in [-0.3, -0.25) is 4.79 Å². The van der Waals surface area contributed by atoms with E-state index >= 15 is 0 Å². The Bertz CT molecular complexity index is 542. The van der Waals surface area contributed by atoms with Crippen molar-refractivity contribution in [1.29, 1.82) is 0 Å². The molecule has 0 spiro atoms. The molecule has 4 heteroatoms. The van der Waals surface area contributed by atoms with E-state index in [1.54, 1.807) is 6.07 Å². The molecule has 0 aliphatic heterocycles. The van der Waals surface area contributed by atoms with Crippen molar-refractivity contribution in [3.63, 3.8) is 0 Å². The van der Waals surface area contributed by atoms with E-state index in [4.69, 9.17) is 10.7 Å². The van der Waals surface area contributed by atoms with Crippen LogP contribution in [0, 0.1) is 17.8 Å². The molecule has 108 valence electrons. The van der Waals surface area contributed by atoms with Crippen LogP contribution < -0.4 is 11.3 Å². The van der Waals surface area contributed by atoms with Crippen molar-refractivity contribution in [2.45, 2.75) is 50.4 Å². The summed E-state index contributed by atoms with van der Waals surface area (Å²) in [6.45, 7) is 0.535. The first-order chi connectivity index (χ1) is 9.67. The molecule has 4 fully saturated rings. The van der Waals surface area contributed by atoms with Gasteiger partial charge in [0.25, 0.3) is 5.56 Å².